The van der Waals surface area contributed by atoms with Crippen LogP contribution >= 0.6 is 11.3 Å². The molecule has 30 heavy (non-hydrogen) atoms. The van der Waals surface area contributed by atoms with Crippen molar-refractivity contribution < 1.29 is 9.53 Å². The van der Waals surface area contributed by atoms with E-state index in [-0.39, 0.29) is 11.5 Å². The summed E-state index contributed by atoms with van der Waals surface area (Å²) >= 11 is 1.40. The van der Waals surface area contributed by atoms with Crippen molar-refractivity contribution >= 4 is 43.9 Å². The second-order valence-electron chi connectivity index (χ2n) is 7.30. The van der Waals surface area contributed by atoms with Gasteiger partial charge < -0.3 is 19.5 Å². The van der Waals surface area contributed by atoms with Gasteiger partial charge in [0.15, 0.2) is 0 Å². The van der Waals surface area contributed by atoms with Crippen LogP contribution in [-0.2, 0) is 0 Å². The van der Waals surface area contributed by atoms with Gasteiger partial charge >= 0.3 is 0 Å². The number of hydrogen-bond acceptors (Lipinski definition) is 5. The van der Waals surface area contributed by atoms with E-state index in [1.54, 1.807) is 13.2 Å². The molecule has 6 nitrogen and oxygen atoms in total. The molecule has 0 spiro atoms. The average molecular weight is 420 g/mol. The lowest BCUT2D eigenvalue weighted by Crippen LogP contribution is -2.48. The molecule has 152 valence electrons. The van der Waals surface area contributed by atoms with Crippen molar-refractivity contribution in [3.8, 4) is 5.75 Å². The fraction of sp³-hybridized carbons (Fsp3) is 0.217. The van der Waals surface area contributed by atoms with Crippen LogP contribution < -0.4 is 15.2 Å². The van der Waals surface area contributed by atoms with Crippen LogP contribution in [0.5, 0.6) is 5.75 Å². The number of nitrogens with one attached hydrogen (secondary N) is 1. The second-order valence-corrected chi connectivity index (χ2v) is 8.36. The SMILES string of the molecule is COc1ccccc1N1CCN(C(=O)c2cc3c(=O)[nH]c4ccccc4c3s2)CC1. The third kappa shape index (κ3) is 3.11. The molecule has 4 aromatic rings. The first-order valence-electron chi connectivity index (χ1n) is 9.87. The van der Waals surface area contributed by atoms with Gasteiger partial charge in [0.05, 0.1) is 23.1 Å². The molecular weight excluding hydrogens is 398 g/mol. The monoisotopic (exact) mass is 419 g/mol. The van der Waals surface area contributed by atoms with Gasteiger partial charge in [-0.05, 0) is 24.3 Å². The third-order valence-corrected chi connectivity index (χ3v) is 6.76. The Labute approximate surface area is 177 Å². The second kappa shape index (κ2) is 7.50. The highest BCUT2D eigenvalue weighted by molar-refractivity contribution is 7.21. The Morgan fingerprint density at radius 3 is 2.53 bits per heavy atom. The first-order valence-corrected chi connectivity index (χ1v) is 10.7. The number of hydrogen-bond donors (Lipinski definition) is 1. The van der Waals surface area contributed by atoms with Crippen molar-refractivity contribution in [3.63, 3.8) is 0 Å². The number of pyridine rings is 1. The van der Waals surface area contributed by atoms with Crippen molar-refractivity contribution in [1.82, 2.24) is 9.88 Å². The summed E-state index contributed by atoms with van der Waals surface area (Å²) in [7, 11) is 1.67. The number of benzene rings is 2. The van der Waals surface area contributed by atoms with E-state index >= 15 is 0 Å². The molecule has 1 saturated heterocycles. The molecule has 0 bridgehead atoms. The van der Waals surface area contributed by atoms with Crippen molar-refractivity contribution in [2.45, 2.75) is 0 Å². The highest BCUT2D eigenvalue weighted by Crippen LogP contribution is 2.31. The molecule has 5 rings (SSSR count). The number of para-hydroxylation sites is 3. The topological polar surface area (TPSA) is 65.6 Å². The predicted octanol–water partition coefficient (Wildman–Crippen LogP) is 3.71. The number of anilines is 1. The van der Waals surface area contributed by atoms with Crippen LogP contribution in [0.4, 0.5) is 5.69 Å². The summed E-state index contributed by atoms with van der Waals surface area (Å²) < 4.78 is 6.34. The number of rotatable bonds is 3. The lowest BCUT2D eigenvalue weighted by atomic mass is 10.2. The van der Waals surface area contributed by atoms with Crippen LogP contribution in [-0.4, -0.2) is 49.1 Å². The fourth-order valence-electron chi connectivity index (χ4n) is 4.04. The van der Waals surface area contributed by atoms with E-state index in [0.717, 1.165) is 40.1 Å². The molecule has 7 heteroatoms. The van der Waals surface area contributed by atoms with Crippen LogP contribution in [0.2, 0.25) is 0 Å². The highest BCUT2D eigenvalue weighted by Gasteiger charge is 2.25. The van der Waals surface area contributed by atoms with Gasteiger partial charge in [0, 0.05) is 41.8 Å². The smallest absolute Gasteiger partial charge is 0.264 e. The molecule has 1 fully saturated rings. The molecule has 0 atom stereocenters. The normalized spacial score (nSPS) is 14.4. The summed E-state index contributed by atoms with van der Waals surface area (Å²) in [6.07, 6.45) is 0. The van der Waals surface area contributed by atoms with Crippen molar-refractivity contribution in [2.24, 2.45) is 0 Å². The first-order chi connectivity index (χ1) is 14.7. The Kier molecular flexibility index (Phi) is 4.67. The highest BCUT2D eigenvalue weighted by atomic mass is 32.1. The van der Waals surface area contributed by atoms with Crippen molar-refractivity contribution in [2.75, 3.05) is 38.2 Å². The number of H-pyrrole nitrogens is 1. The molecule has 1 amide bonds. The number of aromatic amines is 1. The van der Waals surface area contributed by atoms with Gasteiger partial charge in [0.1, 0.15) is 5.75 Å². The fourth-order valence-corrected chi connectivity index (χ4v) is 5.20. The summed E-state index contributed by atoms with van der Waals surface area (Å²) in [6, 6.07) is 17.4. The predicted molar refractivity (Wildman–Crippen MR) is 121 cm³/mol. The number of nitrogens with zero attached hydrogens (tertiary/aromatic N) is 2. The van der Waals surface area contributed by atoms with E-state index in [9.17, 15) is 9.59 Å². The number of carbonyl (C=O) groups excluding carboxylic acids is 1. The molecule has 1 N–H and O–H groups in total. The first kappa shape index (κ1) is 18.7. The molecule has 2 aromatic heterocycles. The zero-order valence-corrected chi connectivity index (χ0v) is 17.4. The molecule has 1 aliphatic heterocycles. The Morgan fingerprint density at radius 1 is 1.00 bits per heavy atom. The van der Waals surface area contributed by atoms with E-state index in [0.29, 0.717) is 23.4 Å². The minimum Gasteiger partial charge on any atom is -0.495 e. The quantitative estimate of drug-likeness (QED) is 0.550. The van der Waals surface area contributed by atoms with Gasteiger partial charge in [-0.3, -0.25) is 9.59 Å². The lowest BCUT2D eigenvalue weighted by Gasteiger charge is -2.36. The van der Waals surface area contributed by atoms with Crippen LogP contribution in [0, 0.1) is 0 Å². The maximum atomic E-state index is 13.2. The summed E-state index contributed by atoms with van der Waals surface area (Å²) in [5.74, 6) is 0.826. The van der Waals surface area contributed by atoms with Gasteiger partial charge in [0.25, 0.3) is 11.5 Å². The minimum atomic E-state index is -0.153. The third-order valence-electron chi connectivity index (χ3n) is 5.60. The number of fused-ring (bicyclic) bond motifs is 3. The van der Waals surface area contributed by atoms with Gasteiger partial charge in [-0.2, -0.15) is 0 Å². The zero-order valence-electron chi connectivity index (χ0n) is 16.6. The number of piperazine rings is 1. The maximum absolute atomic E-state index is 13.2. The van der Waals surface area contributed by atoms with Crippen LogP contribution in [0.3, 0.4) is 0 Å². The van der Waals surface area contributed by atoms with Gasteiger partial charge in [0.2, 0.25) is 0 Å². The summed E-state index contributed by atoms with van der Waals surface area (Å²) in [6.45, 7) is 2.73. The minimum absolute atomic E-state index is 0.0145. The summed E-state index contributed by atoms with van der Waals surface area (Å²) in [5.41, 5.74) is 1.69. The van der Waals surface area contributed by atoms with E-state index < -0.39 is 0 Å². The molecule has 0 aliphatic carbocycles. The van der Waals surface area contributed by atoms with Gasteiger partial charge in [-0.1, -0.05) is 30.3 Å². The molecule has 1 aliphatic rings. The molecule has 3 heterocycles. The van der Waals surface area contributed by atoms with Crippen LogP contribution in [0.15, 0.2) is 59.4 Å². The molecular formula is C23H21N3O3S. The standard InChI is InChI=1S/C23H21N3O3S/c1-29-19-9-5-4-8-18(19)25-10-12-26(13-11-25)23(28)20-14-16-21(30-20)15-6-2-3-7-17(15)24-22(16)27/h2-9,14H,10-13H2,1H3,(H,24,27). The average Bonchev–Trinajstić information content (AvgIpc) is 3.25. The number of amides is 1. The number of aromatic nitrogens is 1. The van der Waals surface area contributed by atoms with Gasteiger partial charge in [-0.25, -0.2) is 0 Å². The Balaban J connectivity index is 1.39. The number of carbonyl (C=O) groups is 1. The van der Waals surface area contributed by atoms with E-state index in [1.807, 2.05) is 53.4 Å². The van der Waals surface area contributed by atoms with Gasteiger partial charge in [-0.15, -0.1) is 11.3 Å². The molecule has 2 aromatic carbocycles. The lowest BCUT2D eigenvalue weighted by molar-refractivity contribution is 0.0751. The number of ether oxygens (including phenoxy) is 1. The van der Waals surface area contributed by atoms with E-state index in [4.69, 9.17) is 4.74 Å². The van der Waals surface area contributed by atoms with Crippen LogP contribution in [0.1, 0.15) is 9.67 Å². The van der Waals surface area contributed by atoms with E-state index in [1.165, 1.54) is 11.3 Å². The largest absolute Gasteiger partial charge is 0.495 e. The summed E-state index contributed by atoms with van der Waals surface area (Å²) in [4.78, 5) is 33.3. The molecule has 0 unspecified atom stereocenters. The summed E-state index contributed by atoms with van der Waals surface area (Å²) in [5, 5.41) is 1.55. The van der Waals surface area contributed by atoms with Crippen molar-refractivity contribution in [1.29, 1.82) is 0 Å². The number of thiophene rings is 1. The van der Waals surface area contributed by atoms with E-state index in [2.05, 4.69) is 9.88 Å². The molecule has 0 radical (unpaired) electrons. The van der Waals surface area contributed by atoms with Crippen LogP contribution in [0.25, 0.3) is 21.0 Å². The Bertz CT molecular complexity index is 1300. The van der Waals surface area contributed by atoms with Crippen molar-refractivity contribution in [3.05, 3.63) is 69.8 Å². The Hall–Kier alpha value is -3.32. The molecule has 0 saturated carbocycles. The zero-order chi connectivity index (χ0) is 20.7. The number of methoxy groups -OCH3 is 1. The maximum Gasteiger partial charge on any atom is 0.264 e. The Morgan fingerprint density at radius 2 is 1.73 bits per heavy atom.